The highest BCUT2D eigenvalue weighted by molar-refractivity contribution is 6.31. The molecule has 9 nitrogen and oxygen atoms in total. The van der Waals surface area contributed by atoms with Crippen LogP contribution < -0.4 is 16.0 Å². The van der Waals surface area contributed by atoms with Crippen LogP contribution in [-0.2, 0) is 19.2 Å². The van der Waals surface area contributed by atoms with Gasteiger partial charge >= 0.3 is 12.1 Å². The summed E-state index contributed by atoms with van der Waals surface area (Å²) < 4.78 is 39.1. The number of fused-ring (bicyclic) bond motifs is 2. The molecule has 2 heterocycles. The van der Waals surface area contributed by atoms with E-state index in [4.69, 9.17) is 11.6 Å². The first-order chi connectivity index (χ1) is 18.4. The second kappa shape index (κ2) is 9.94. The van der Waals surface area contributed by atoms with Gasteiger partial charge < -0.3 is 20.9 Å². The summed E-state index contributed by atoms with van der Waals surface area (Å²) in [4.78, 5) is 52.8. The summed E-state index contributed by atoms with van der Waals surface area (Å²) in [5, 5.41) is 17.4. The molecule has 3 N–H and O–H groups in total. The third kappa shape index (κ3) is 5.36. The smallest absolute Gasteiger partial charge is 0.339 e. The first kappa shape index (κ1) is 29.6. The third-order valence-electron chi connectivity index (χ3n) is 8.31. The molecule has 1 aromatic carbocycles. The molecule has 3 aliphatic rings. The molecule has 216 valence electrons. The van der Waals surface area contributed by atoms with Gasteiger partial charge in [-0.05, 0) is 52.8 Å². The van der Waals surface area contributed by atoms with Gasteiger partial charge in [0.05, 0.1) is 12.0 Å². The summed E-state index contributed by atoms with van der Waals surface area (Å²) in [5.41, 5.74) is -0.247. The van der Waals surface area contributed by atoms with Crippen molar-refractivity contribution < 1.29 is 32.3 Å². The summed E-state index contributed by atoms with van der Waals surface area (Å²) in [6, 6.07) is 3.18. The molecular formula is C27H31ClF3N5O4. The molecule has 4 rings (SSSR count). The minimum absolute atomic E-state index is 0.0498. The number of hydrogen-bond donors (Lipinski definition) is 3. The average molecular weight is 582 g/mol. The van der Waals surface area contributed by atoms with Gasteiger partial charge in [-0.25, -0.2) is 0 Å². The lowest BCUT2D eigenvalue weighted by atomic mass is 9.85. The zero-order chi connectivity index (χ0) is 29.9. The second-order valence-corrected chi connectivity index (χ2v) is 12.8. The molecule has 0 spiro atoms. The van der Waals surface area contributed by atoms with Crippen molar-refractivity contribution in [1.82, 2.24) is 15.5 Å². The van der Waals surface area contributed by atoms with Crippen molar-refractivity contribution in [2.75, 3.05) is 11.9 Å². The Labute approximate surface area is 234 Å². The molecule has 1 aromatic rings. The summed E-state index contributed by atoms with van der Waals surface area (Å²) in [7, 11) is 0. The van der Waals surface area contributed by atoms with Gasteiger partial charge in [-0.2, -0.15) is 18.4 Å². The molecule has 6 atom stereocenters. The molecule has 4 amide bonds. The van der Waals surface area contributed by atoms with Crippen LogP contribution in [0, 0.1) is 34.0 Å². The average Bonchev–Trinajstić information content (AvgIpc) is 3.14. The Morgan fingerprint density at radius 3 is 2.45 bits per heavy atom. The number of likely N-dealkylation sites (tertiary alicyclic amines) is 1. The van der Waals surface area contributed by atoms with Gasteiger partial charge in [-0.1, -0.05) is 46.2 Å². The predicted molar refractivity (Wildman–Crippen MR) is 139 cm³/mol. The first-order valence-electron chi connectivity index (χ1n) is 12.9. The number of anilines is 1. The van der Waals surface area contributed by atoms with E-state index in [0.717, 1.165) is 0 Å². The monoisotopic (exact) mass is 581 g/mol. The number of halogens is 4. The highest BCUT2D eigenvalue weighted by atomic mass is 35.5. The van der Waals surface area contributed by atoms with E-state index in [2.05, 4.69) is 10.6 Å². The van der Waals surface area contributed by atoms with Crippen molar-refractivity contribution in [1.29, 1.82) is 5.26 Å². The fourth-order valence-electron chi connectivity index (χ4n) is 6.01. The van der Waals surface area contributed by atoms with Crippen molar-refractivity contribution in [3.05, 3.63) is 28.8 Å². The van der Waals surface area contributed by atoms with Gasteiger partial charge in [0.1, 0.15) is 18.1 Å². The number of nitrogens with one attached hydrogen (secondary N) is 3. The Hall–Kier alpha value is -3.33. The molecule has 1 unspecified atom stereocenters. The Morgan fingerprint density at radius 2 is 1.88 bits per heavy atom. The maximum Gasteiger partial charge on any atom is 0.471 e. The highest BCUT2D eigenvalue weighted by Crippen LogP contribution is 2.65. The molecule has 1 saturated carbocycles. The van der Waals surface area contributed by atoms with Gasteiger partial charge in [0.2, 0.25) is 17.7 Å². The molecule has 1 saturated heterocycles. The maximum absolute atomic E-state index is 13.6. The second-order valence-electron chi connectivity index (χ2n) is 12.4. The van der Waals surface area contributed by atoms with Gasteiger partial charge in [-0.3, -0.25) is 19.2 Å². The maximum atomic E-state index is 13.6. The van der Waals surface area contributed by atoms with Crippen LogP contribution in [0.2, 0.25) is 5.02 Å². The van der Waals surface area contributed by atoms with Crippen LogP contribution in [0.15, 0.2) is 18.2 Å². The van der Waals surface area contributed by atoms with Crippen molar-refractivity contribution in [2.24, 2.45) is 22.7 Å². The van der Waals surface area contributed by atoms with E-state index in [1.165, 1.54) is 25.7 Å². The number of benzene rings is 1. The van der Waals surface area contributed by atoms with E-state index in [1.54, 1.807) is 18.2 Å². The van der Waals surface area contributed by atoms with E-state index in [0.29, 0.717) is 16.3 Å². The Morgan fingerprint density at radius 1 is 1.23 bits per heavy atom. The largest absolute Gasteiger partial charge is 0.471 e. The molecule has 0 bridgehead atoms. The molecule has 2 aliphatic heterocycles. The number of nitrogens with zero attached hydrogens (tertiary/aromatic N) is 2. The minimum atomic E-state index is -5.19. The summed E-state index contributed by atoms with van der Waals surface area (Å²) >= 11 is 6.08. The molecule has 0 radical (unpaired) electrons. The van der Waals surface area contributed by atoms with E-state index in [1.807, 2.05) is 25.2 Å². The van der Waals surface area contributed by atoms with Crippen molar-refractivity contribution >= 4 is 40.9 Å². The topological polar surface area (TPSA) is 131 Å². The number of hydrogen-bond acceptors (Lipinski definition) is 5. The van der Waals surface area contributed by atoms with Crippen LogP contribution in [-0.4, -0.2) is 59.4 Å². The fourth-order valence-corrected chi connectivity index (χ4v) is 6.19. The molecule has 40 heavy (non-hydrogen) atoms. The Balaban J connectivity index is 1.55. The summed E-state index contributed by atoms with van der Waals surface area (Å²) in [5.74, 6) is -5.15. The molecular weight excluding hydrogens is 551 g/mol. The standard InChI is InChI=1S/C27H31ClF3N5O4/c1-25(2,3)20(35-24(40)27(29,30)31)23(39)36-11-16-18(26(16,4)5)19(36)22(38)33-13(10-32)9-15-14-8-12(28)6-7-17(14)34-21(15)37/h6-8,13,15-16,18-20H,9,11H2,1-5H3,(H,33,38)(H,34,37)(H,35,40)/t13-,15?,16-,18-,19-,20+/m0/s1. The van der Waals surface area contributed by atoms with Gasteiger partial charge in [0.15, 0.2) is 0 Å². The lowest BCUT2D eigenvalue weighted by Gasteiger charge is -2.37. The predicted octanol–water partition coefficient (Wildman–Crippen LogP) is 3.35. The van der Waals surface area contributed by atoms with E-state index in [-0.39, 0.29) is 36.1 Å². The lowest BCUT2D eigenvalue weighted by Crippen LogP contribution is -2.61. The SMILES string of the molecule is CC(C)(C)[C@H](NC(=O)C(F)(F)F)C(=O)N1C[C@H]2[C@@H]([C@H]1C(=O)N[C@H](C#N)CC1C(=O)Nc3ccc(Cl)cc31)C2(C)C. The molecule has 13 heteroatoms. The molecule has 2 fully saturated rings. The van der Waals surface area contributed by atoms with Gasteiger partial charge in [0, 0.05) is 17.3 Å². The van der Waals surface area contributed by atoms with Crippen LogP contribution in [0.3, 0.4) is 0 Å². The first-order valence-corrected chi connectivity index (χ1v) is 13.2. The van der Waals surface area contributed by atoms with Crippen molar-refractivity contribution in [3.8, 4) is 6.07 Å². The zero-order valence-corrected chi connectivity index (χ0v) is 23.4. The van der Waals surface area contributed by atoms with Crippen LogP contribution in [0.1, 0.15) is 52.5 Å². The van der Waals surface area contributed by atoms with E-state index >= 15 is 0 Å². The number of nitriles is 1. The number of amides is 4. The minimum Gasteiger partial charge on any atom is -0.339 e. The van der Waals surface area contributed by atoms with Crippen LogP contribution in [0.5, 0.6) is 0 Å². The normalized spacial score (nSPS) is 26.1. The highest BCUT2D eigenvalue weighted by Gasteiger charge is 2.70. The van der Waals surface area contributed by atoms with Crippen molar-refractivity contribution in [3.63, 3.8) is 0 Å². The molecule has 1 aliphatic carbocycles. The van der Waals surface area contributed by atoms with E-state index < -0.39 is 53.4 Å². The van der Waals surface area contributed by atoms with Crippen LogP contribution >= 0.6 is 11.6 Å². The summed E-state index contributed by atoms with van der Waals surface area (Å²) in [6.07, 6.45) is -5.24. The Bertz CT molecular complexity index is 1300. The molecule has 0 aromatic heterocycles. The lowest BCUT2D eigenvalue weighted by molar-refractivity contribution is -0.176. The van der Waals surface area contributed by atoms with Crippen molar-refractivity contribution in [2.45, 2.75) is 71.3 Å². The number of carbonyl (C=O) groups is 4. The number of carbonyl (C=O) groups excluding carboxylic acids is 4. The zero-order valence-electron chi connectivity index (χ0n) is 22.6. The number of alkyl halides is 3. The van der Waals surface area contributed by atoms with Gasteiger partial charge in [0.25, 0.3) is 0 Å². The quantitative estimate of drug-likeness (QED) is 0.474. The number of piperidine rings is 1. The van der Waals surface area contributed by atoms with Gasteiger partial charge in [-0.15, -0.1) is 0 Å². The van der Waals surface area contributed by atoms with Crippen LogP contribution in [0.4, 0.5) is 18.9 Å². The third-order valence-corrected chi connectivity index (χ3v) is 8.55. The summed E-state index contributed by atoms with van der Waals surface area (Å²) in [6.45, 7) is 8.54. The Kier molecular flexibility index (Phi) is 7.37. The van der Waals surface area contributed by atoms with E-state index in [9.17, 15) is 37.6 Å². The van der Waals surface area contributed by atoms with Crippen LogP contribution in [0.25, 0.3) is 0 Å². The number of rotatable bonds is 6. The fraction of sp³-hybridized carbons (Fsp3) is 0.593.